The molecule has 1 aromatic heterocycles. The molecule has 148 valence electrons. The third-order valence-corrected chi connectivity index (χ3v) is 7.19. The second-order valence-electron chi connectivity index (χ2n) is 5.91. The summed E-state index contributed by atoms with van der Waals surface area (Å²) in [4.78, 5) is 10.4. The van der Waals surface area contributed by atoms with E-state index in [1.54, 1.807) is 24.6 Å². The van der Waals surface area contributed by atoms with Gasteiger partial charge in [0.15, 0.2) is 0 Å². The van der Waals surface area contributed by atoms with E-state index in [2.05, 4.69) is 5.32 Å². The van der Waals surface area contributed by atoms with Gasteiger partial charge in [-0.05, 0) is 42.0 Å². The Morgan fingerprint density at radius 2 is 1.93 bits per heavy atom. The second kappa shape index (κ2) is 10.3. The topological polar surface area (TPSA) is 95.9 Å². The Kier molecular flexibility index (Phi) is 8.08. The van der Waals surface area contributed by atoms with Crippen molar-refractivity contribution in [1.82, 2.24) is 9.62 Å². The number of hydrogen-bond donors (Lipinski definition) is 2. The van der Waals surface area contributed by atoms with Crippen LogP contribution in [0, 0.1) is 0 Å². The van der Waals surface area contributed by atoms with E-state index in [9.17, 15) is 13.2 Å². The molecule has 0 saturated heterocycles. The van der Waals surface area contributed by atoms with Crippen molar-refractivity contribution in [1.29, 1.82) is 0 Å². The van der Waals surface area contributed by atoms with Gasteiger partial charge >= 0.3 is 6.09 Å². The van der Waals surface area contributed by atoms with Crippen LogP contribution in [0.15, 0.2) is 46.0 Å². The Morgan fingerprint density at radius 3 is 2.52 bits per heavy atom. The number of rotatable bonds is 11. The molecule has 0 radical (unpaired) electrons. The smallest absolute Gasteiger partial charge is 0.404 e. The zero-order chi connectivity index (χ0) is 19.7. The van der Waals surface area contributed by atoms with Gasteiger partial charge in [0.1, 0.15) is 9.96 Å². The lowest BCUT2D eigenvalue weighted by Gasteiger charge is -2.21. The molecule has 0 aliphatic carbocycles. The quantitative estimate of drug-likeness (QED) is 0.552. The summed E-state index contributed by atoms with van der Waals surface area (Å²) in [5.74, 6) is 0.720. The first-order valence-corrected chi connectivity index (χ1v) is 10.9. The van der Waals surface area contributed by atoms with E-state index < -0.39 is 16.1 Å². The minimum Gasteiger partial charge on any atom is -0.497 e. The van der Waals surface area contributed by atoms with Crippen LogP contribution in [0.3, 0.4) is 0 Å². The third-order valence-electron chi connectivity index (χ3n) is 3.97. The molecule has 2 N–H and O–H groups in total. The number of benzene rings is 1. The van der Waals surface area contributed by atoms with Crippen LogP contribution in [-0.4, -0.2) is 44.1 Å². The molecule has 0 unspecified atom stereocenters. The molecule has 0 fully saturated rings. The lowest BCUT2D eigenvalue weighted by molar-refractivity contribution is 0.194. The van der Waals surface area contributed by atoms with Gasteiger partial charge in [-0.15, -0.1) is 11.3 Å². The van der Waals surface area contributed by atoms with Crippen LogP contribution in [0.5, 0.6) is 5.75 Å². The average Bonchev–Trinajstić information content (AvgIpc) is 3.19. The summed E-state index contributed by atoms with van der Waals surface area (Å²) in [6, 6.07) is 10.7. The van der Waals surface area contributed by atoms with Gasteiger partial charge in [0, 0.05) is 19.6 Å². The first-order chi connectivity index (χ1) is 12.9. The Bertz CT molecular complexity index is 805. The minimum absolute atomic E-state index is 0.275. The van der Waals surface area contributed by atoms with E-state index in [-0.39, 0.29) is 6.54 Å². The molecule has 0 bridgehead atoms. The van der Waals surface area contributed by atoms with Gasteiger partial charge < -0.3 is 15.2 Å². The number of thiophene rings is 1. The normalized spacial score (nSPS) is 11.5. The third kappa shape index (κ3) is 6.53. The maximum absolute atomic E-state index is 13.0. The van der Waals surface area contributed by atoms with Crippen molar-refractivity contribution in [3.8, 4) is 5.75 Å². The van der Waals surface area contributed by atoms with Crippen molar-refractivity contribution >= 4 is 27.5 Å². The molecule has 2 aromatic rings. The zero-order valence-corrected chi connectivity index (χ0v) is 16.8. The van der Waals surface area contributed by atoms with Gasteiger partial charge in [-0.3, -0.25) is 0 Å². The van der Waals surface area contributed by atoms with Gasteiger partial charge in [-0.25, -0.2) is 13.2 Å². The van der Waals surface area contributed by atoms with E-state index in [4.69, 9.17) is 9.84 Å². The van der Waals surface area contributed by atoms with Crippen LogP contribution in [0.4, 0.5) is 4.79 Å². The average molecular weight is 413 g/mol. The molecular formula is C18H24N2O5S2. The van der Waals surface area contributed by atoms with Crippen LogP contribution < -0.4 is 10.1 Å². The number of hydrogen-bond acceptors (Lipinski definition) is 5. The Morgan fingerprint density at radius 1 is 1.19 bits per heavy atom. The SMILES string of the molecule is COc1ccc(CN(CCCCCNC(=O)O)S(=O)(=O)c2cccs2)cc1. The van der Waals surface area contributed by atoms with Gasteiger partial charge in [-0.1, -0.05) is 24.6 Å². The molecule has 2 rings (SSSR count). The fourth-order valence-electron chi connectivity index (χ4n) is 2.54. The fraction of sp³-hybridized carbons (Fsp3) is 0.389. The summed E-state index contributed by atoms with van der Waals surface area (Å²) in [5, 5.41) is 12.6. The van der Waals surface area contributed by atoms with E-state index in [1.165, 1.54) is 15.6 Å². The summed E-state index contributed by atoms with van der Waals surface area (Å²) < 4.78 is 32.8. The predicted molar refractivity (Wildman–Crippen MR) is 105 cm³/mol. The molecule has 0 spiro atoms. The molecule has 0 atom stereocenters. The summed E-state index contributed by atoms with van der Waals surface area (Å²) in [6.45, 7) is 1.02. The first kappa shape index (κ1) is 21.2. The van der Waals surface area contributed by atoms with Crippen molar-refractivity contribution in [2.75, 3.05) is 20.2 Å². The van der Waals surface area contributed by atoms with Crippen LogP contribution in [0.2, 0.25) is 0 Å². The van der Waals surface area contributed by atoms with Gasteiger partial charge in [0.2, 0.25) is 0 Å². The highest BCUT2D eigenvalue weighted by molar-refractivity contribution is 7.91. The molecule has 7 nitrogen and oxygen atoms in total. The molecule has 0 aliphatic rings. The van der Waals surface area contributed by atoms with Gasteiger partial charge in [-0.2, -0.15) is 4.31 Å². The second-order valence-corrected chi connectivity index (χ2v) is 9.02. The number of methoxy groups -OCH3 is 1. The van der Waals surface area contributed by atoms with E-state index in [0.29, 0.717) is 30.1 Å². The number of amides is 1. The molecule has 0 saturated carbocycles. The fourth-order valence-corrected chi connectivity index (χ4v) is 5.15. The number of unbranched alkanes of at least 4 members (excludes halogenated alkanes) is 2. The maximum Gasteiger partial charge on any atom is 0.404 e. The highest BCUT2D eigenvalue weighted by Crippen LogP contribution is 2.24. The summed E-state index contributed by atoms with van der Waals surface area (Å²) in [5.41, 5.74) is 0.878. The largest absolute Gasteiger partial charge is 0.497 e. The Hall–Kier alpha value is -2.10. The van der Waals surface area contributed by atoms with Crippen LogP contribution >= 0.6 is 11.3 Å². The minimum atomic E-state index is -3.57. The molecule has 1 aromatic carbocycles. The predicted octanol–water partition coefficient (Wildman–Crippen LogP) is 3.39. The summed E-state index contributed by atoms with van der Waals surface area (Å²) in [6.07, 6.45) is 1.01. The summed E-state index contributed by atoms with van der Waals surface area (Å²) in [7, 11) is -1.98. The number of nitrogens with one attached hydrogen (secondary N) is 1. The van der Waals surface area contributed by atoms with Crippen molar-refractivity contribution in [3.05, 3.63) is 47.3 Å². The molecule has 1 heterocycles. The lowest BCUT2D eigenvalue weighted by atomic mass is 10.2. The molecule has 0 aliphatic heterocycles. The molecule has 9 heteroatoms. The highest BCUT2D eigenvalue weighted by Gasteiger charge is 2.25. The van der Waals surface area contributed by atoms with Gasteiger partial charge in [0.25, 0.3) is 10.0 Å². The highest BCUT2D eigenvalue weighted by atomic mass is 32.2. The monoisotopic (exact) mass is 412 g/mol. The first-order valence-electron chi connectivity index (χ1n) is 8.57. The van der Waals surface area contributed by atoms with Crippen LogP contribution in [0.1, 0.15) is 24.8 Å². The molecular weight excluding hydrogens is 388 g/mol. The van der Waals surface area contributed by atoms with Crippen molar-refractivity contribution in [3.63, 3.8) is 0 Å². The number of sulfonamides is 1. The Balaban J connectivity index is 2.03. The van der Waals surface area contributed by atoms with Crippen molar-refractivity contribution in [2.45, 2.75) is 30.0 Å². The number of carboxylic acid groups (broad SMARTS) is 1. The number of ether oxygens (including phenoxy) is 1. The van der Waals surface area contributed by atoms with Crippen molar-refractivity contribution < 1.29 is 23.1 Å². The standard InChI is InChI=1S/C18H24N2O5S2/c1-25-16-9-7-15(8-10-16)14-20(12-4-2-3-11-19-18(21)22)27(23,24)17-6-5-13-26-17/h5-10,13,19H,2-4,11-12,14H2,1H3,(H,21,22). The Labute approximate surface area is 163 Å². The maximum atomic E-state index is 13.0. The summed E-state index contributed by atoms with van der Waals surface area (Å²) >= 11 is 1.20. The molecule has 1 amide bonds. The van der Waals surface area contributed by atoms with E-state index in [0.717, 1.165) is 17.7 Å². The number of nitrogens with zero attached hydrogens (tertiary/aromatic N) is 1. The van der Waals surface area contributed by atoms with Gasteiger partial charge in [0.05, 0.1) is 7.11 Å². The zero-order valence-electron chi connectivity index (χ0n) is 15.1. The van der Waals surface area contributed by atoms with E-state index in [1.807, 2.05) is 24.3 Å². The van der Waals surface area contributed by atoms with Crippen molar-refractivity contribution in [2.24, 2.45) is 0 Å². The lowest BCUT2D eigenvalue weighted by Crippen LogP contribution is -2.31. The van der Waals surface area contributed by atoms with E-state index >= 15 is 0 Å². The van der Waals surface area contributed by atoms with Crippen LogP contribution in [0.25, 0.3) is 0 Å². The molecule has 27 heavy (non-hydrogen) atoms. The van der Waals surface area contributed by atoms with Crippen LogP contribution in [-0.2, 0) is 16.6 Å². The number of carbonyl (C=O) groups is 1.